The van der Waals surface area contributed by atoms with Gasteiger partial charge in [-0.05, 0) is 33.8 Å². The number of likely N-dealkylation sites (N-methyl/N-ethyl adjacent to an activating group) is 1. The van der Waals surface area contributed by atoms with Crippen molar-refractivity contribution in [1.82, 2.24) is 25.1 Å². The van der Waals surface area contributed by atoms with E-state index in [-0.39, 0.29) is 18.5 Å². The molecule has 0 spiro atoms. The second kappa shape index (κ2) is 8.82. The first-order chi connectivity index (χ1) is 12.3. The summed E-state index contributed by atoms with van der Waals surface area (Å²) in [5, 5.41) is 3.37. The van der Waals surface area contributed by atoms with Gasteiger partial charge in [0.2, 0.25) is 11.9 Å². The third-order valence-electron chi connectivity index (χ3n) is 4.11. The van der Waals surface area contributed by atoms with Crippen molar-refractivity contribution >= 4 is 17.8 Å². The zero-order valence-electron chi connectivity index (χ0n) is 16.8. The second-order valence-electron chi connectivity index (χ2n) is 7.15. The van der Waals surface area contributed by atoms with Gasteiger partial charge in [-0.15, -0.1) is 0 Å². The molecule has 1 aliphatic rings. The lowest BCUT2D eigenvalue weighted by molar-refractivity contribution is -0.127. The van der Waals surface area contributed by atoms with Crippen molar-refractivity contribution < 1.29 is 4.79 Å². The molecule has 1 fully saturated rings. The summed E-state index contributed by atoms with van der Waals surface area (Å²) in [5.41, 5.74) is 1.97. The highest BCUT2D eigenvalue weighted by molar-refractivity contribution is 5.85. The molecule has 8 nitrogen and oxygen atoms in total. The standard InChI is InChI=1S/C18H31N7O/c1-13(2)20-17(19-12-16(26)23(5)6)24-7-9-25(10-8-24)18-21-14(3)11-15(4)22-18/h11,13H,7-10,12H2,1-6H3,(H,19,20). The minimum atomic E-state index is -0.00433. The van der Waals surface area contributed by atoms with Crippen LogP contribution in [0.3, 0.4) is 0 Å². The number of rotatable bonds is 4. The number of nitrogens with zero attached hydrogens (tertiary/aromatic N) is 6. The lowest BCUT2D eigenvalue weighted by Crippen LogP contribution is -2.54. The van der Waals surface area contributed by atoms with Crippen LogP contribution in [0.5, 0.6) is 0 Å². The van der Waals surface area contributed by atoms with Crippen LogP contribution in [0.4, 0.5) is 5.95 Å². The summed E-state index contributed by atoms with van der Waals surface area (Å²) in [5.74, 6) is 1.58. The maximum absolute atomic E-state index is 11.9. The summed E-state index contributed by atoms with van der Waals surface area (Å²) >= 11 is 0. The van der Waals surface area contributed by atoms with Gasteiger partial charge in [-0.3, -0.25) is 4.79 Å². The van der Waals surface area contributed by atoms with Crippen molar-refractivity contribution in [1.29, 1.82) is 0 Å². The van der Waals surface area contributed by atoms with Gasteiger partial charge in [0.25, 0.3) is 0 Å². The van der Waals surface area contributed by atoms with Gasteiger partial charge in [0, 0.05) is 57.7 Å². The summed E-state index contributed by atoms with van der Waals surface area (Å²) in [7, 11) is 3.49. The van der Waals surface area contributed by atoms with Crippen molar-refractivity contribution in [2.24, 2.45) is 4.99 Å². The molecule has 0 bridgehead atoms. The van der Waals surface area contributed by atoms with E-state index in [4.69, 9.17) is 0 Å². The van der Waals surface area contributed by atoms with Crippen LogP contribution in [0.2, 0.25) is 0 Å². The van der Waals surface area contributed by atoms with Crippen LogP contribution < -0.4 is 10.2 Å². The number of aliphatic imine (C=N–C) groups is 1. The molecule has 0 saturated carbocycles. The van der Waals surface area contributed by atoms with Crippen LogP contribution in [-0.2, 0) is 4.79 Å². The molecule has 1 N–H and O–H groups in total. The predicted molar refractivity (Wildman–Crippen MR) is 105 cm³/mol. The van der Waals surface area contributed by atoms with Gasteiger partial charge in [-0.1, -0.05) is 0 Å². The number of aryl methyl sites for hydroxylation is 2. The third-order valence-corrected chi connectivity index (χ3v) is 4.11. The Kier molecular flexibility index (Phi) is 6.76. The lowest BCUT2D eigenvalue weighted by atomic mass is 10.3. The summed E-state index contributed by atoms with van der Waals surface area (Å²) < 4.78 is 0. The summed E-state index contributed by atoms with van der Waals surface area (Å²) in [4.78, 5) is 31.5. The van der Waals surface area contributed by atoms with Gasteiger partial charge >= 0.3 is 0 Å². The fourth-order valence-electron chi connectivity index (χ4n) is 2.75. The molecule has 1 aromatic rings. The molecule has 0 atom stereocenters. The largest absolute Gasteiger partial charge is 0.354 e. The molecule has 26 heavy (non-hydrogen) atoms. The van der Waals surface area contributed by atoms with Crippen LogP contribution in [0, 0.1) is 13.8 Å². The SMILES string of the molecule is Cc1cc(C)nc(N2CCN(C(=NCC(=O)N(C)C)NC(C)C)CC2)n1. The third kappa shape index (κ3) is 5.57. The quantitative estimate of drug-likeness (QED) is 0.627. The van der Waals surface area contributed by atoms with Gasteiger partial charge in [0.1, 0.15) is 6.54 Å². The number of piperazine rings is 1. The normalized spacial score (nSPS) is 15.4. The van der Waals surface area contributed by atoms with Crippen molar-refractivity contribution in [2.75, 3.05) is 51.7 Å². The first-order valence-corrected chi connectivity index (χ1v) is 9.09. The Hall–Kier alpha value is -2.38. The van der Waals surface area contributed by atoms with E-state index < -0.39 is 0 Å². The van der Waals surface area contributed by atoms with E-state index in [0.717, 1.165) is 49.5 Å². The highest BCUT2D eigenvalue weighted by Gasteiger charge is 2.22. The van der Waals surface area contributed by atoms with Crippen LogP contribution in [0.25, 0.3) is 0 Å². The van der Waals surface area contributed by atoms with Crippen LogP contribution in [0.15, 0.2) is 11.1 Å². The van der Waals surface area contributed by atoms with Crippen LogP contribution in [-0.4, -0.2) is 84.5 Å². The number of carbonyl (C=O) groups is 1. The van der Waals surface area contributed by atoms with E-state index in [2.05, 4.69) is 43.9 Å². The highest BCUT2D eigenvalue weighted by Crippen LogP contribution is 2.13. The molecule has 1 amide bonds. The van der Waals surface area contributed by atoms with E-state index in [1.165, 1.54) is 0 Å². The Balaban J connectivity index is 2.03. The van der Waals surface area contributed by atoms with Crippen molar-refractivity contribution in [3.05, 3.63) is 17.5 Å². The number of hydrogen-bond donors (Lipinski definition) is 1. The fraction of sp³-hybridized carbons (Fsp3) is 0.667. The number of anilines is 1. The van der Waals surface area contributed by atoms with Crippen LogP contribution >= 0.6 is 0 Å². The van der Waals surface area contributed by atoms with Crippen molar-refractivity contribution in [3.63, 3.8) is 0 Å². The predicted octanol–water partition coefficient (Wildman–Crippen LogP) is 0.658. The number of nitrogens with one attached hydrogen (secondary N) is 1. The monoisotopic (exact) mass is 361 g/mol. The molecule has 0 radical (unpaired) electrons. The Morgan fingerprint density at radius 3 is 2.27 bits per heavy atom. The maximum Gasteiger partial charge on any atom is 0.243 e. The Bertz CT molecular complexity index is 629. The van der Waals surface area contributed by atoms with Gasteiger partial charge < -0.3 is 20.0 Å². The molecule has 8 heteroatoms. The van der Waals surface area contributed by atoms with Crippen molar-refractivity contribution in [2.45, 2.75) is 33.7 Å². The van der Waals surface area contributed by atoms with E-state index >= 15 is 0 Å². The molecule has 144 valence electrons. The zero-order chi connectivity index (χ0) is 19.3. The van der Waals surface area contributed by atoms with Gasteiger partial charge in [-0.2, -0.15) is 0 Å². The molecular formula is C18H31N7O. The Morgan fingerprint density at radius 2 is 1.77 bits per heavy atom. The molecular weight excluding hydrogens is 330 g/mol. The first kappa shape index (κ1) is 19.9. The number of amides is 1. The summed E-state index contributed by atoms with van der Waals surface area (Å²) in [6.45, 7) is 11.6. The first-order valence-electron chi connectivity index (χ1n) is 9.09. The number of aromatic nitrogens is 2. The lowest BCUT2D eigenvalue weighted by Gasteiger charge is -2.37. The molecule has 0 aliphatic carbocycles. The van der Waals surface area contributed by atoms with Crippen molar-refractivity contribution in [3.8, 4) is 0 Å². The summed E-state index contributed by atoms with van der Waals surface area (Å²) in [6.07, 6.45) is 0. The molecule has 0 aromatic carbocycles. The topological polar surface area (TPSA) is 77.0 Å². The van der Waals surface area contributed by atoms with E-state index in [1.54, 1.807) is 19.0 Å². The molecule has 1 aromatic heterocycles. The zero-order valence-corrected chi connectivity index (χ0v) is 16.8. The fourth-order valence-corrected chi connectivity index (χ4v) is 2.75. The van der Waals surface area contributed by atoms with Crippen LogP contribution in [0.1, 0.15) is 25.2 Å². The van der Waals surface area contributed by atoms with E-state index in [1.807, 2.05) is 19.9 Å². The number of guanidine groups is 1. The Morgan fingerprint density at radius 1 is 1.19 bits per heavy atom. The summed E-state index contributed by atoms with van der Waals surface area (Å²) in [6, 6.07) is 2.24. The molecule has 2 rings (SSSR count). The average Bonchev–Trinajstić information content (AvgIpc) is 2.57. The van der Waals surface area contributed by atoms with Gasteiger partial charge in [-0.25, -0.2) is 15.0 Å². The smallest absolute Gasteiger partial charge is 0.243 e. The maximum atomic E-state index is 11.9. The average molecular weight is 361 g/mol. The molecule has 2 heterocycles. The second-order valence-corrected chi connectivity index (χ2v) is 7.15. The Labute approximate surface area is 156 Å². The minimum Gasteiger partial charge on any atom is -0.354 e. The highest BCUT2D eigenvalue weighted by atomic mass is 16.2. The molecule has 0 unspecified atom stereocenters. The van der Waals surface area contributed by atoms with Gasteiger partial charge in [0.15, 0.2) is 5.96 Å². The van der Waals surface area contributed by atoms with Gasteiger partial charge in [0.05, 0.1) is 0 Å². The number of carbonyl (C=O) groups excluding carboxylic acids is 1. The van der Waals surface area contributed by atoms with E-state index in [0.29, 0.717) is 0 Å². The minimum absolute atomic E-state index is 0.00433. The van der Waals surface area contributed by atoms with E-state index in [9.17, 15) is 4.79 Å². The molecule has 1 saturated heterocycles. The number of hydrogen-bond acceptors (Lipinski definition) is 5. The molecule has 1 aliphatic heterocycles.